The van der Waals surface area contributed by atoms with Crippen LogP contribution in [0.1, 0.15) is 0 Å². The van der Waals surface area contributed by atoms with Gasteiger partial charge in [0.1, 0.15) is 5.97 Å². The molecule has 3 nitrogen and oxygen atoms in total. The fourth-order valence-corrected chi connectivity index (χ4v) is 0.457. The first-order valence-corrected chi connectivity index (χ1v) is 3.38. The molecule has 0 unspecified atom stereocenters. The van der Waals surface area contributed by atoms with E-state index in [4.69, 9.17) is 9.90 Å². The SMILES string of the molecule is C1=CC[NH2+]C=C1.O=C([O-])C(F)(F)F. The second-order valence-electron chi connectivity index (χ2n) is 2.07. The van der Waals surface area contributed by atoms with Crippen LogP contribution in [0, 0.1) is 0 Å². The average molecular weight is 195 g/mol. The Kier molecular flexibility index (Phi) is 4.83. The molecule has 0 amide bonds. The topological polar surface area (TPSA) is 56.7 Å². The molecule has 0 fully saturated rings. The third-order valence-corrected chi connectivity index (χ3v) is 0.998. The number of quaternary nitrogens is 1. The van der Waals surface area contributed by atoms with Crippen molar-refractivity contribution in [2.24, 2.45) is 0 Å². The molecule has 1 aliphatic rings. The van der Waals surface area contributed by atoms with E-state index in [1.807, 2.05) is 6.08 Å². The van der Waals surface area contributed by atoms with Crippen LogP contribution in [0.25, 0.3) is 0 Å². The summed E-state index contributed by atoms with van der Waals surface area (Å²) in [7, 11) is 0. The van der Waals surface area contributed by atoms with Gasteiger partial charge in [0.2, 0.25) is 0 Å². The van der Waals surface area contributed by atoms with E-state index < -0.39 is 12.1 Å². The summed E-state index contributed by atoms with van der Waals surface area (Å²) in [5, 5.41) is 10.9. The Labute approximate surface area is 72.6 Å². The van der Waals surface area contributed by atoms with Gasteiger partial charge in [0.15, 0.2) is 0 Å². The van der Waals surface area contributed by atoms with E-state index in [9.17, 15) is 13.2 Å². The molecule has 0 atom stereocenters. The number of carboxylic acids is 1. The molecule has 1 rings (SSSR count). The standard InChI is InChI=1S/C5H7N.C2HF3O2/c1-2-4-6-5-3-1;3-2(4,5)1(6)7/h1-4,6H,5H2;(H,6,7). The first-order chi connectivity index (χ1) is 5.94. The summed E-state index contributed by atoms with van der Waals surface area (Å²) in [4.78, 5) is 8.78. The summed E-state index contributed by atoms with van der Waals surface area (Å²) in [5.41, 5.74) is 0. The Balaban J connectivity index is 0.000000223. The van der Waals surface area contributed by atoms with Crippen molar-refractivity contribution in [2.45, 2.75) is 6.18 Å². The summed E-state index contributed by atoms with van der Waals surface area (Å²) >= 11 is 0. The molecule has 0 saturated heterocycles. The van der Waals surface area contributed by atoms with Crippen LogP contribution in [0.15, 0.2) is 24.4 Å². The van der Waals surface area contributed by atoms with Crippen molar-refractivity contribution < 1.29 is 28.4 Å². The molecular weight excluding hydrogens is 187 g/mol. The molecule has 0 saturated carbocycles. The molecule has 2 N–H and O–H groups in total. The maximum atomic E-state index is 10.5. The third-order valence-electron chi connectivity index (χ3n) is 0.998. The highest BCUT2D eigenvalue weighted by Gasteiger charge is 2.28. The summed E-state index contributed by atoms with van der Waals surface area (Å²) < 4.78 is 31.5. The molecule has 6 heteroatoms. The van der Waals surface area contributed by atoms with E-state index >= 15 is 0 Å². The summed E-state index contributed by atoms with van der Waals surface area (Å²) in [6.45, 7) is 1.11. The lowest BCUT2D eigenvalue weighted by Gasteiger charge is -2.03. The molecule has 0 bridgehead atoms. The van der Waals surface area contributed by atoms with Gasteiger partial charge >= 0.3 is 6.18 Å². The molecule has 0 aromatic heterocycles. The Morgan fingerprint density at radius 1 is 1.38 bits per heavy atom. The highest BCUT2D eigenvalue weighted by atomic mass is 19.4. The van der Waals surface area contributed by atoms with Crippen LogP contribution in [0.5, 0.6) is 0 Å². The van der Waals surface area contributed by atoms with Crippen LogP contribution in [-0.4, -0.2) is 18.7 Å². The number of allylic oxidation sites excluding steroid dienone is 2. The third kappa shape index (κ3) is 7.07. The van der Waals surface area contributed by atoms with E-state index in [1.165, 1.54) is 0 Å². The minimum Gasteiger partial charge on any atom is -0.542 e. The lowest BCUT2D eigenvalue weighted by molar-refractivity contribution is -0.578. The van der Waals surface area contributed by atoms with E-state index in [0.717, 1.165) is 6.54 Å². The van der Waals surface area contributed by atoms with Gasteiger partial charge in [-0.15, -0.1) is 0 Å². The first-order valence-electron chi connectivity index (χ1n) is 3.38. The van der Waals surface area contributed by atoms with E-state index in [0.29, 0.717) is 0 Å². The highest BCUT2D eigenvalue weighted by Crippen LogP contribution is 2.11. The number of nitrogens with two attached hydrogens (primary N) is 1. The molecular formula is C7H8F3NO2. The van der Waals surface area contributed by atoms with Crippen molar-refractivity contribution in [3.8, 4) is 0 Å². The summed E-state index contributed by atoms with van der Waals surface area (Å²) in [6, 6.07) is 0. The molecule has 0 aromatic carbocycles. The number of alkyl halides is 3. The van der Waals surface area contributed by atoms with E-state index in [-0.39, 0.29) is 0 Å². The predicted octanol–water partition coefficient (Wildman–Crippen LogP) is -1.07. The summed E-state index contributed by atoms with van der Waals surface area (Å²) in [5.74, 6) is -3.01. The molecule has 13 heavy (non-hydrogen) atoms. The van der Waals surface area contributed by atoms with Gasteiger partial charge in [-0.2, -0.15) is 13.2 Å². The van der Waals surface area contributed by atoms with Gasteiger partial charge in [-0.25, -0.2) is 0 Å². The van der Waals surface area contributed by atoms with Crippen LogP contribution in [0.2, 0.25) is 0 Å². The zero-order chi connectivity index (χ0) is 10.3. The number of carbonyl (C=O) groups excluding carboxylic acids is 1. The summed E-state index contributed by atoms with van der Waals surface area (Å²) in [6.07, 6.45) is 3.07. The Bertz CT molecular complexity index is 208. The number of aliphatic carboxylic acids is 1. The molecule has 0 aromatic rings. The smallest absolute Gasteiger partial charge is 0.430 e. The molecule has 1 heterocycles. The Hall–Kier alpha value is -1.30. The minimum atomic E-state index is -5.19. The average Bonchev–Trinajstić information content (AvgIpc) is 2.07. The normalized spacial score (nSPS) is 14.7. The maximum Gasteiger partial charge on any atom is 0.430 e. The van der Waals surface area contributed by atoms with Crippen molar-refractivity contribution in [3.63, 3.8) is 0 Å². The van der Waals surface area contributed by atoms with Gasteiger partial charge < -0.3 is 15.2 Å². The molecule has 0 spiro atoms. The molecule has 0 aliphatic carbocycles. The quantitative estimate of drug-likeness (QED) is 0.535. The van der Waals surface area contributed by atoms with Crippen molar-refractivity contribution in [1.29, 1.82) is 0 Å². The Morgan fingerprint density at radius 2 is 1.92 bits per heavy atom. The number of carboxylic acid groups (broad SMARTS) is 1. The van der Waals surface area contributed by atoms with Gasteiger partial charge in [0.25, 0.3) is 0 Å². The Morgan fingerprint density at radius 3 is 2.00 bits per heavy atom. The van der Waals surface area contributed by atoms with Gasteiger partial charge in [-0.05, 0) is 12.2 Å². The monoisotopic (exact) mass is 195 g/mol. The largest absolute Gasteiger partial charge is 0.542 e. The van der Waals surface area contributed by atoms with E-state index in [2.05, 4.69) is 23.7 Å². The van der Waals surface area contributed by atoms with Gasteiger partial charge in [-0.3, -0.25) is 0 Å². The van der Waals surface area contributed by atoms with Crippen LogP contribution >= 0.6 is 0 Å². The minimum absolute atomic E-state index is 1.11. The zero-order valence-electron chi connectivity index (χ0n) is 6.54. The van der Waals surface area contributed by atoms with Crippen molar-refractivity contribution in [1.82, 2.24) is 0 Å². The van der Waals surface area contributed by atoms with Gasteiger partial charge in [0, 0.05) is 0 Å². The number of carbonyl (C=O) groups is 1. The lowest BCUT2D eigenvalue weighted by atomic mass is 10.4. The van der Waals surface area contributed by atoms with Crippen molar-refractivity contribution in [2.75, 3.05) is 6.54 Å². The highest BCUT2D eigenvalue weighted by molar-refractivity contribution is 5.70. The fraction of sp³-hybridized carbons (Fsp3) is 0.286. The van der Waals surface area contributed by atoms with Crippen LogP contribution in [0.3, 0.4) is 0 Å². The lowest BCUT2D eigenvalue weighted by Crippen LogP contribution is -2.78. The second-order valence-corrected chi connectivity index (χ2v) is 2.07. The molecule has 1 aliphatic heterocycles. The number of hydrogen-bond acceptors (Lipinski definition) is 2. The zero-order valence-corrected chi connectivity index (χ0v) is 6.54. The fourth-order valence-electron chi connectivity index (χ4n) is 0.457. The van der Waals surface area contributed by atoms with Gasteiger partial charge in [-0.1, -0.05) is 6.08 Å². The second kappa shape index (κ2) is 5.36. The van der Waals surface area contributed by atoms with Crippen LogP contribution in [0.4, 0.5) is 13.2 Å². The van der Waals surface area contributed by atoms with Crippen molar-refractivity contribution >= 4 is 5.97 Å². The van der Waals surface area contributed by atoms with Gasteiger partial charge in [0.05, 0.1) is 12.7 Å². The van der Waals surface area contributed by atoms with Crippen molar-refractivity contribution in [3.05, 3.63) is 24.4 Å². The van der Waals surface area contributed by atoms with E-state index in [1.54, 1.807) is 0 Å². The predicted molar refractivity (Wildman–Crippen MR) is 36.1 cm³/mol. The maximum absolute atomic E-state index is 10.5. The first kappa shape index (κ1) is 11.7. The molecule has 74 valence electrons. The molecule has 0 radical (unpaired) electrons. The number of halogens is 3. The number of hydrogen-bond donors (Lipinski definition) is 1. The number of rotatable bonds is 0. The van der Waals surface area contributed by atoms with Crippen LogP contribution < -0.4 is 10.4 Å². The van der Waals surface area contributed by atoms with Crippen LogP contribution in [-0.2, 0) is 4.79 Å².